The van der Waals surface area contributed by atoms with Crippen LogP contribution in [0.4, 0.5) is 11.5 Å². The smallest absolute Gasteiger partial charge is 0.227 e. The van der Waals surface area contributed by atoms with Crippen molar-refractivity contribution in [1.29, 1.82) is 0 Å². The van der Waals surface area contributed by atoms with Gasteiger partial charge in [-0.15, -0.1) is 0 Å². The molecular weight excluding hydrogens is 550 g/mol. The molecule has 1 unspecified atom stereocenters. The number of carbonyl (C=O) groups excluding carboxylic acids is 1. The number of aromatic nitrogens is 3. The molecule has 0 fully saturated rings. The Kier molecular flexibility index (Phi) is 7.53. The molecule has 0 bridgehead atoms. The van der Waals surface area contributed by atoms with Crippen LogP contribution in [0.15, 0.2) is 95.6 Å². The summed E-state index contributed by atoms with van der Waals surface area (Å²) in [6.07, 6.45) is 2.43. The summed E-state index contributed by atoms with van der Waals surface area (Å²) in [5.74, 6) is 0.668. The first kappa shape index (κ1) is 25.0. The zero-order valence-corrected chi connectivity index (χ0v) is 22.5. The summed E-state index contributed by atoms with van der Waals surface area (Å²) in [5, 5.41) is 11.6. The quantitative estimate of drug-likeness (QED) is 0.205. The fraction of sp³-hybridized carbons (Fsp3) is 0.138. The standard InChI is InChI=1S/C29H25BrClN5O/c1-19(15-20-7-3-2-4-8-20)29(37)34-22-13-11-21(12-14-22)17-32-27-16-26(23-9-5-6-10-25(23)31)35-28-24(30)18-33-36(27)28/h2-14,16,18-19,32H,15,17H2,1H3,(H,34,37). The molecule has 5 aromatic rings. The van der Waals surface area contributed by atoms with Gasteiger partial charge in [-0.05, 0) is 51.7 Å². The predicted molar refractivity (Wildman–Crippen MR) is 153 cm³/mol. The minimum absolute atomic E-state index is 0.00488. The molecule has 0 spiro atoms. The lowest BCUT2D eigenvalue weighted by molar-refractivity contribution is -0.119. The average molecular weight is 575 g/mol. The van der Waals surface area contributed by atoms with Crippen molar-refractivity contribution in [2.45, 2.75) is 19.9 Å². The van der Waals surface area contributed by atoms with Gasteiger partial charge in [0, 0.05) is 34.8 Å². The molecule has 1 amide bonds. The summed E-state index contributed by atoms with van der Waals surface area (Å²) in [6.45, 7) is 2.51. The van der Waals surface area contributed by atoms with Gasteiger partial charge in [-0.25, -0.2) is 4.98 Å². The van der Waals surface area contributed by atoms with Crippen LogP contribution in [0.5, 0.6) is 0 Å². The monoisotopic (exact) mass is 573 g/mol. The van der Waals surface area contributed by atoms with Crippen molar-refractivity contribution in [3.63, 3.8) is 0 Å². The summed E-state index contributed by atoms with van der Waals surface area (Å²) in [7, 11) is 0. The lowest BCUT2D eigenvalue weighted by atomic mass is 10.0. The Morgan fingerprint density at radius 1 is 1.00 bits per heavy atom. The van der Waals surface area contributed by atoms with Gasteiger partial charge in [0.15, 0.2) is 5.65 Å². The van der Waals surface area contributed by atoms with Crippen molar-refractivity contribution in [3.8, 4) is 11.3 Å². The summed E-state index contributed by atoms with van der Waals surface area (Å²) in [6, 6.07) is 27.5. The second-order valence-electron chi connectivity index (χ2n) is 8.86. The Hall–Kier alpha value is -3.68. The van der Waals surface area contributed by atoms with Gasteiger partial charge in [0.05, 0.1) is 16.4 Å². The maximum absolute atomic E-state index is 12.7. The molecule has 6 nitrogen and oxygen atoms in total. The Labute approximate surface area is 228 Å². The Bertz CT molecular complexity index is 1540. The zero-order chi connectivity index (χ0) is 25.8. The van der Waals surface area contributed by atoms with Crippen molar-refractivity contribution in [1.82, 2.24) is 14.6 Å². The highest BCUT2D eigenvalue weighted by atomic mass is 79.9. The van der Waals surface area contributed by atoms with Gasteiger partial charge in [-0.2, -0.15) is 9.61 Å². The van der Waals surface area contributed by atoms with E-state index in [0.717, 1.165) is 38.4 Å². The molecule has 1 atom stereocenters. The zero-order valence-electron chi connectivity index (χ0n) is 20.2. The number of nitrogens with zero attached hydrogens (tertiary/aromatic N) is 3. The van der Waals surface area contributed by atoms with E-state index in [-0.39, 0.29) is 11.8 Å². The number of anilines is 2. The van der Waals surface area contributed by atoms with Gasteiger partial charge in [0.2, 0.25) is 5.91 Å². The maximum Gasteiger partial charge on any atom is 0.227 e. The molecule has 0 aliphatic rings. The van der Waals surface area contributed by atoms with E-state index in [1.54, 1.807) is 10.7 Å². The van der Waals surface area contributed by atoms with Crippen molar-refractivity contribution < 1.29 is 4.79 Å². The summed E-state index contributed by atoms with van der Waals surface area (Å²) in [4.78, 5) is 17.4. The van der Waals surface area contributed by atoms with Gasteiger partial charge >= 0.3 is 0 Å². The third kappa shape index (κ3) is 5.84. The molecule has 8 heteroatoms. The summed E-state index contributed by atoms with van der Waals surface area (Å²) < 4.78 is 2.55. The van der Waals surface area contributed by atoms with E-state index >= 15 is 0 Å². The Balaban J connectivity index is 1.27. The minimum Gasteiger partial charge on any atom is -0.366 e. The minimum atomic E-state index is -0.126. The second kappa shape index (κ2) is 11.2. The number of carbonyl (C=O) groups is 1. The van der Waals surface area contributed by atoms with Crippen molar-refractivity contribution in [3.05, 3.63) is 112 Å². The first-order valence-corrected chi connectivity index (χ1v) is 13.1. The van der Waals surface area contributed by atoms with E-state index in [4.69, 9.17) is 16.6 Å². The van der Waals surface area contributed by atoms with E-state index in [1.807, 2.05) is 91.9 Å². The fourth-order valence-corrected chi connectivity index (χ4v) is 4.67. The first-order chi connectivity index (χ1) is 18.0. The number of fused-ring (bicyclic) bond motifs is 1. The van der Waals surface area contributed by atoms with E-state index < -0.39 is 0 Å². The van der Waals surface area contributed by atoms with Crippen LogP contribution in [0.2, 0.25) is 5.02 Å². The van der Waals surface area contributed by atoms with Crippen LogP contribution >= 0.6 is 27.5 Å². The number of hydrogen-bond donors (Lipinski definition) is 2. The lowest BCUT2D eigenvalue weighted by Crippen LogP contribution is -2.22. The lowest BCUT2D eigenvalue weighted by Gasteiger charge is -2.14. The molecule has 5 rings (SSSR count). The van der Waals surface area contributed by atoms with Crippen LogP contribution in [0.1, 0.15) is 18.1 Å². The van der Waals surface area contributed by atoms with Gasteiger partial charge < -0.3 is 10.6 Å². The summed E-state index contributed by atoms with van der Waals surface area (Å²) >= 11 is 9.97. The van der Waals surface area contributed by atoms with Crippen molar-refractivity contribution in [2.24, 2.45) is 5.92 Å². The molecular formula is C29H25BrClN5O. The van der Waals surface area contributed by atoms with Crippen LogP contribution in [0.25, 0.3) is 16.9 Å². The number of hydrogen-bond acceptors (Lipinski definition) is 4. The predicted octanol–water partition coefficient (Wildman–Crippen LogP) is 7.24. The van der Waals surface area contributed by atoms with Gasteiger partial charge in [-0.3, -0.25) is 4.79 Å². The van der Waals surface area contributed by atoms with Gasteiger partial charge in [0.1, 0.15) is 5.82 Å². The summed E-state index contributed by atoms with van der Waals surface area (Å²) in [5.41, 5.74) is 5.29. The average Bonchev–Trinajstić information content (AvgIpc) is 3.29. The number of halogens is 2. The topological polar surface area (TPSA) is 71.3 Å². The molecule has 0 aliphatic carbocycles. The van der Waals surface area contributed by atoms with E-state index in [2.05, 4.69) is 31.7 Å². The van der Waals surface area contributed by atoms with Crippen LogP contribution in [-0.4, -0.2) is 20.5 Å². The molecule has 2 heterocycles. The normalized spacial score (nSPS) is 11.9. The Morgan fingerprint density at radius 3 is 2.49 bits per heavy atom. The number of rotatable bonds is 8. The SMILES string of the molecule is CC(Cc1ccccc1)C(=O)Nc1ccc(CNc2cc(-c3ccccc3Cl)nc3c(Br)cnn23)cc1. The first-order valence-electron chi connectivity index (χ1n) is 11.9. The number of benzene rings is 3. The molecule has 0 saturated heterocycles. The highest BCUT2D eigenvalue weighted by Gasteiger charge is 2.15. The molecule has 3 aromatic carbocycles. The van der Waals surface area contributed by atoms with Crippen molar-refractivity contribution in [2.75, 3.05) is 10.6 Å². The van der Waals surface area contributed by atoms with E-state index in [9.17, 15) is 4.79 Å². The molecule has 2 aromatic heterocycles. The van der Waals surface area contributed by atoms with Gasteiger partial charge in [0.25, 0.3) is 0 Å². The third-order valence-electron chi connectivity index (χ3n) is 6.11. The maximum atomic E-state index is 12.7. The van der Waals surface area contributed by atoms with Crippen LogP contribution in [-0.2, 0) is 17.8 Å². The molecule has 0 saturated carbocycles. The molecule has 186 valence electrons. The van der Waals surface area contributed by atoms with E-state index in [0.29, 0.717) is 23.6 Å². The largest absolute Gasteiger partial charge is 0.366 e. The molecule has 0 radical (unpaired) electrons. The molecule has 2 N–H and O–H groups in total. The van der Waals surface area contributed by atoms with Gasteiger partial charge in [-0.1, -0.05) is 79.2 Å². The highest BCUT2D eigenvalue weighted by Crippen LogP contribution is 2.30. The third-order valence-corrected chi connectivity index (χ3v) is 6.99. The number of nitrogens with one attached hydrogen (secondary N) is 2. The fourth-order valence-electron chi connectivity index (χ4n) is 4.09. The highest BCUT2D eigenvalue weighted by molar-refractivity contribution is 9.10. The molecule has 37 heavy (non-hydrogen) atoms. The molecule has 0 aliphatic heterocycles. The van der Waals surface area contributed by atoms with Crippen LogP contribution in [0, 0.1) is 5.92 Å². The van der Waals surface area contributed by atoms with Crippen molar-refractivity contribution >= 4 is 50.6 Å². The number of amides is 1. The Morgan fingerprint density at radius 2 is 1.73 bits per heavy atom. The second-order valence-corrected chi connectivity index (χ2v) is 10.1. The van der Waals surface area contributed by atoms with E-state index in [1.165, 1.54) is 0 Å². The van der Waals surface area contributed by atoms with Crippen LogP contribution < -0.4 is 10.6 Å². The van der Waals surface area contributed by atoms with Crippen LogP contribution in [0.3, 0.4) is 0 Å².